The van der Waals surface area contributed by atoms with Crippen molar-refractivity contribution in [3.63, 3.8) is 0 Å². The first-order valence-electron chi connectivity index (χ1n) is 16.3. The van der Waals surface area contributed by atoms with E-state index >= 15 is 0 Å². The highest BCUT2D eigenvalue weighted by molar-refractivity contribution is 8.13. The summed E-state index contributed by atoms with van der Waals surface area (Å²) >= 11 is 1.24. The zero-order valence-corrected chi connectivity index (χ0v) is 32.6. The SMILES string of the molecule is Cc1cc(C)c(S(=O)(=O)N(Cc2ccccc2)[C@H](C)[C@@H](SC(=O)[C@@H](C)[C@@H](O[Si](C)(C)C(C)(C)C)C(C)C)c2ccccc2)c(C)c1. The molecule has 0 aromatic heterocycles. The van der Waals surface area contributed by atoms with Crippen molar-refractivity contribution in [1.82, 2.24) is 4.31 Å². The van der Waals surface area contributed by atoms with Crippen molar-refractivity contribution in [1.29, 1.82) is 0 Å². The molecular formula is C38H55NO4S2Si. The van der Waals surface area contributed by atoms with Crippen molar-refractivity contribution in [2.45, 2.75) is 116 Å². The number of aryl methyl sites for hydroxylation is 3. The van der Waals surface area contributed by atoms with Crippen LogP contribution in [-0.2, 0) is 25.8 Å². The fraction of sp³-hybridized carbons (Fsp3) is 0.500. The van der Waals surface area contributed by atoms with E-state index < -0.39 is 29.6 Å². The van der Waals surface area contributed by atoms with Gasteiger partial charge in [-0.3, -0.25) is 4.79 Å². The molecule has 252 valence electrons. The van der Waals surface area contributed by atoms with Gasteiger partial charge in [0.1, 0.15) is 0 Å². The van der Waals surface area contributed by atoms with E-state index in [4.69, 9.17) is 4.43 Å². The summed E-state index contributed by atoms with van der Waals surface area (Å²) in [5, 5.41) is -0.422. The van der Waals surface area contributed by atoms with Crippen LogP contribution in [0.2, 0.25) is 18.1 Å². The van der Waals surface area contributed by atoms with Gasteiger partial charge >= 0.3 is 0 Å². The third-order valence-electron chi connectivity index (χ3n) is 9.37. The van der Waals surface area contributed by atoms with Gasteiger partial charge < -0.3 is 4.43 Å². The smallest absolute Gasteiger partial charge is 0.244 e. The Kier molecular flexibility index (Phi) is 12.7. The van der Waals surface area contributed by atoms with E-state index in [9.17, 15) is 13.2 Å². The van der Waals surface area contributed by atoms with E-state index in [0.717, 1.165) is 27.8 Å². The number of benzene rings is 3. The predicted molar refractivity (Wildman–Crippen MR) is 197 cm³/mol. The molecule has 46 heavy (non-hydrogen) atoms. The summed E-state index contributed by atoms with van der Waals surface area (Å²) in [7, 11) is -6.12. The molecule has 8 heteroatoms. The van der Waals surface area contributed by atoms with Crippen LogP contribution in [0.5, 0.6) is 0 Å². The predicted octanol–water partition coefficient (Wildman–Crippen LogP) is 9.87. The molecule has 0 N–H and O–H groups in total. The molecule has 0 radical (unpaired) electrons. The lowest BCUT2D eigenvalue weighted by molar-refractivity contribution is -0.117. The van der Waals surface area contributed by atoms with Crippen LogP contribution in [0.15, 0.2) is 77.7 Å². The number of hydrogen-bond donors (Lipinski definition) is 0. The Bertz CT molecular complexity index is 1540. The second kappa shape index (κ2) is 15.3. The van der Waals surface area contributed by atoms with Crippen molar-refractivity contribution in [2.24, 2.45) is 11.8 Å². The fourth-order valence-electron chi connectivity index (χ4n) is 5.84. The highest BCUT2D eigenvalue weighted by Crippen LogP contribution is 2.43. The van der Waals surface area contributed by atoms with Gasteiger partial charge in [0.15, 0.2) is 13.4 Å². The maximum atomic E-state index is 14.8. The second-order valence-electron chi connectivity index (χ2n) is 14.6. The maximum Gasteiger partial charge on any atom is 0.244 e. The Morgan fingerprint density at radius 1 is 0.870 bits per heavy atom. The zero-order valence-electron chi connectivity index (χ0n) is 29.9. The molecule has 0 heterocycles. The Balaban J connectivity index is 2.10. The summed E-state index contributed by atoms with van der Waals surface area (Å²) in [6, 6.07) is 22.8. The molecule has 4 atom stereocenters. The number of sulfonamides is 1. The van der Waals surface area contributed by atoms with Gasteiger partial charge in [-0.05, 0) is 74.0 Å². The van der Waals surface area contributed by atoms with Crippen LogP contribution in [0.4, 0.5) is 0 Å². The normalized spacial score (nSPS) is 15.5. The lowest BCUT2D eigenvalue weighted by atomic mass is 9.96. The van der Waals surface area contributed by atoms with E-state index in [1.807, 2.05) is 107 Å². The maximum absolute atomic E-state index is 14.8. The van der Waals surface area contributed by atoms with E-state index in [2.05, 4.69) is 47.7 Å². The molecule has 5 nitrogen and oxygen atoms in total. The van der Waals surface area contributed by atoms with Gasteiger partial charge in [-0.15, -0.1) is 0 Å². The first-order chi connectivity index (χ1) is 21.3. The van der Waals surface area contributed by atoms with Crippen molar-refractivity contribution < 1.29 is 17.6 Å². The Morgan fingerprint density at radius 2 is 1.37 bits per heavy atom. The van der Waals surface area contributed by atoms with Crippen LogP contribution in [-0.4, -0.2) is 38.3 Å². The molecule has 0 aliphatic heterocycles. The van der Waals surface area contributed by atoms with E-state index in [-0.39, 0.29) is 34.6 Å². The van der Waals surface area contributed by atoms with Crippen LogP contribution in [0.3, 0.4) is 0 Å². The largest absolute Gasteiger partial charge is 0.413 e. The molecule has 0 unspecified atom stereocenters. The summed E-state index contributed by atoms with van der Waals surface area (Å²) in [4.78, 5) is 14.6. The number of rotatable bonds is 13. The average molecular weight is 682 g/mol. The molecule has 0 spiro atoms. The van der Waals surface area contributed by atoms with Crippen LogP contribution in [0.1, 0.15) is 81.5 Å². The minimum Gasteiger partial charge on any atom is -0.413 e. The van der Waals surface area contributed by atoms with E-state index in [1.54, 1.807) is 4.31 Å². The van der Waals surface area contributed by atoms with Gasteiger partial charge in [0.25, 0.3) is 0 Å². The van der Waals surface area contributed by atoms with Crippen molar-refractivity contribution in [2.75, 3.05) is 0 Å². The Hall–Kier alpha value is -2.23. The van der Waals surface area contributed by atoms with E-state index in [0.29, 0.717) is 4.90 Å². The van der Waals surface area contributed by atoms with Gasteiger partial charge in [0.05, 0.1) is 22.2 Å². The lowest BCUT2D eigenvalue weighted by Crippen LogP contribution is -2.48. The van der Waals surface area contributed by atoms with Crippen molar-refractivity contribution in [3.05, 3.63) is 101 Å². The molecule has 0 fully saturated rings. The second-order valence-corrected chi connectivity index (χ2v) is 22.4. The molecule has 0 amide bonds. The minimum atomic E-state index is -3.97. The van der Waals surface area contributed by atoms with Gasteiger partial charge in [-0.1, -0.05) is 132 Å². The zero-order chi connectivity index (χ0) is 34.6. The number of hydrogen-bond acceptors (Lipinski definition) is 5. The van der Waals surface area contributed by atoms with Crippen molar-refractivity contribution in [3.8, 4) is 0 Å². The van der Waals surface area contributed by atoms with Gasteiger partial charge in [-0.2, -0.15) is 4.31 Å². The Morgan fingerprint density at radius 3 is 1.85 bits per heavy atom. The van der Waals surface area contributed by atoms with Gasteiger partial charge in [-0.25, -0.2) is 8.42 Å². The van der Waals surface area contributed by atoms with Crippen LogP contribution >= 0.6 is 11.8 Å². The first-order valence-corrected chi connectivity index (χ1v) is 21.6. The third kappa shape index (κ3) is 9.01. The summed E-state index contributed by atoms with van der Waals surface area (Å²) < 4.78 is 38.0. The van der Waals surface area contributed by atoms with Crippen LogP contribution in [0.25, 0.3) is 0 Å². The van der Waals surface area contributed by atoms with E-state index in [1.165, 1.54) is 11.8 Å². The number of carbonyl (C=O) groups is 1. The van der Waals surface area contributed by atoms with Gasteiger partial charge in [0, 0.05) is 12.6 Å². The fourth-order valence-corrected chi connectivity index (χ4v) is 10.7. The summed E-state index contributed by atoms with van der Waals surface area (Å²) in [6.07, 6.45) is -0.241. The van der Waals surface area contributed by atoms with Crippen LogP contribution in [0, 0.1) is 32.6 Å². The number of thioether (sulfide) groups is 1. The molecule has 3 rings (SSSR count). The quantitative estimate of drug-likeness (QED) is 0.168. The van der Waals surface area contributed by atoms with Crippen molar-refractivity contribution >= 4 is 35.2 Å². The minimum absolute atomic E-state index is 0.00960. The monoisotopic (exact) mass is 681 g/mol. The highest BCUT2D eigenvalue weighted by atomic mass is 32.2. The Labute approximate surface area is 284 Å². The highest BCUT2D eigenvalue weighted by Gasteiger charge is 2.43. The molecule has 0 saturated carbocycles. The molecular weight excluding hydrogens is 627 g/mol. The average Bonchev–Trinajstić information content (AvgIpc) is 2.96. The topological polar surface area (TPSA) is 63.7 Å². The summed E-state index contributed by atoms with van der Waals surface area (Å²) in [5.41, 5.74) is 4.27. The molecule has 0 saturated heterocycles. The van der Waals surface area contributed by atoms with Crippen LogP contribution < -0.4 is 0 Å². The number of nitrogens with zero attached hydrogens (tertiary/aromatic N) is 1. The molecule has 0 aliphatic carbocycles. The first kappa shape index (κ1) is 38.2. The summed E-state index contributed by atoms with van der Waals surface area (Å²) in [5.74, 6) is -0.234. The summed E-state index contributed by atoms with van der Waals surface area (Å²) in [6.45, 7) is 25.1. The third-order valence-corrected chi connectivity index (χ3v) is 17.6. The van der Waals surface area contributed by atoms with Gasteiger partial charge in [0.2, 0.25) is 10.0 Å². The number of carbonyl (C=O) groups excluding carboxylic acids is 1. The molecule has 3 aromatic rings. The molecule has 3 aromatic carbocycles. The lowest BCUT2D eigenvalue weighted by Gasteiger charge is -2.42. The molecule has 0 aliphatic rings. The standard InChI is InChI=1S/C38H55NO4S2Si/c1-26(2)34(43-46(11,12)38(8,9)10)30(6)37(40)44-35(33-21-17-14-18-22-33)31(7)39(25-32-19-15-13-16-20-32)45(41,42)36-28(4)23-27(3)24-29(36)5/h13-24,26,30-31,34-35H,25H2,1-12H3/t30-,31+,34-,35+/m0/s1. The molecule has 0 bridgehead atoms.